The lowest BCUT2D eigenvalue weighted by molar-refractivity contribution is 0.192. The summed E-state index contributed by atoms with van der Waals surface area (Å²) in [5, 5.41) is 11.8. The van der Waals surface area contributed by atoms with Crippen molar-refractivity contribution in [2.75, 3.05) is 0 Å². The average molecular weight is 191 g/mol. The molecule has 0 fully saturated rings. The standard InChI is InChI=1S/C4H3BrN2O2/c5-3-1-2-7(6-3)4(8)9/h1-2H,(H,8,9). The van der Waals surface area contributed by atoms with Gasteiger partial charge in [0.15, 0.2) is 0 Å². The molecule has 48 valence electrons. The van der Waals surface area contributed by atoms with Gasteiger partial charge in [-0.15, -0.1) is 0 Å². The van der Waals surface area contributed by atoms with E-state index in [-0.39, 0.29) is 0 Å². The van der Waals surface area contributed by atoms with E-state index in [1.807, 2.05) is 0 Å². The van der Waals surface area contributed by atoms with E-state index in [2.05, 4.69) is 21.0 Å². The Hall–Kier alpha value is -0.840. The summed E-state index contributed by atoms with van der Waals surface area (Å²) in [5.74, 6) is 0. The molecule has 0 saturated heterocycles. The largest absolute Gasteiger partial charge is 0.463 e. The van der Waals surface area contributed by atoms with E-state index < -0.39 is 6.09 Å². The number of rotatable bonds is 0. The molecule has 1 aromatic heterocycles. The summed E-state index contributed by atoms with van der Waals surface area (Å²) in [5.41, 5.74) is 0. The zero-order valence-electron chi connectivity index (χ0n) is 4.28. The van der Waals surface area contributed by atoms with Crippen LogP contribution in [0.25, 0.3) is 0 Å². The predicted octanol–water partition coefficient (Wildman–Crippen LogP) is 1.17. The van der Waals surface area contributed by atoms with Crippen LogP contribution in [-0.2, 0) is 0 Å². The van der Waals surface area contributed by atoms with Crippen molar-refractivity contribution in [1.29, 1.82) is 0 Å². The molecule has 0 atom stereocenters. The number of carboxylic acid groups (broad SMARTS) is 1. The lowest BCUT2D eigenvalue weighted by atomic mass is 10.8. The van der Waals surface area contributed by atoms with Gasteiger partial charge in [-0.25, -0.2) is 4.79 Å². The molecule has 0 radical (unpaired) electrons. The van der Waals surface area contributed by atoms with Gasteiger partial charge in [-0.2, -0.15) is 9.78 Å². The van der Waals surface area contributed by atoms with E-state index in [0.29, 0.717) is 4.60 Å². The summed E-state index contributed by atoms with van der Waals surface area (Å²) < 4.78 is 1.34. The van der Waals surface area contributed by atoms with Crippen LogP contribution in [0.15, 0.2) is 16.9 Å². The smallest absolute Gasteiger partial charge is 0.432 e. The van der Waals surface area contributed by atoms with Crippen LogP contribution in [-0.4, -0.2) is 21.0 Å². The highest BCUT2D eigenvalue weighted by molar-refractivity contribution is 9.10. The molecule has 0 spiro atoms. The quantitative estimate of drug-likeness (QED) is 0.669. The number of aromatic nitrogens is 2. The highest BCUT2D eigenvalue weighted by atomic mass is 79.9. The van der Waals surface area contributed by atoms with E-state index in [1.54, 1.807) is 6.07 Å². The number of carbonyl (C=O) groups is 1. The summed E-state index contributed by atoms with van der Waals surface area (Å²) in [6.07, 6.45) is 0.271. The van der Waals surface area contributed by atoms with E-state index in [4.69, 9.17) is 5.11 Å². The van der Waals surface area contributed by atoms with Gasteiger partial charge in [0.05, 0.1) is 0 Å². The van der Waals surface area contributed by atoms with Crippen LogP contribution in [0.3, 0.4) is 0 Å². The molecular weight excluding hydrogens is 188 g/mol. The first-order chi connectivity index (χ1) is 4.20. The highest BCUT2D eigenvalue weighted by Crippen LogP contribution is 2.02. The molecule has 1 heterocycles. The summed E-state index contributed by atoms with van der Waals surface area (Å²) in [7, 11) is 0. The molecule has 0 aliphatic rings. The fraction of sp³-hybridized carbons (Fsp3) is 0. The third kappa shape index (κ3) is 1.29. The zero-order chi connectivity index (χ0) is 6.85. The van der Waals surface area contributed by atoms with Gasteiger partial charge in [-0.05, 0) is 22.0 Å². The molecule has 0 bridgehead atoms. The fourth-order valence-electron chi connectivity index (χ4n) is 0.408. The number of hydrogen-bond donors (Lipinski definition) is 1. The minimum absolute atomic E-state index is 0.518. The maximum absolute atomic E-state index is 10.1. The summed E-state index contributed by atoms with van der Waals surface area (Å²) in [6, 6.07) is 1.55. The van der Waals surface area contributed by atoms with Crippen molar-refractivity contribution in [3.05, 3.63) is 16.9 Å². The van der Waals surface area contributed by atoms with Gasteiger partial charge in [0.2, 0.25) is 0 Å². The van der Waals surface area contributed by atoms with E-state index in [1.165, 1.54) is 6.20 Å². The molecule has 0 aromatic carbocycles. The minimum Gasteiger partial charge on any atom is -0.463 e. The second-order valence-electron chi connectivity index (χ2n) is 1.37. The maximum Gasteiger partial charge on any atom is 0.432 e. The van der Waals surface area contributed by atoms with Crippen LogP contribution < -0.4 is 0 Å². The SMILES string of the molecule is O=C(O)n1ccc(Br)n1. The van der Waals surface area contributed by atoms with Gasteiger partial charge in [-0.1, -0.05) is 0 Å². The fourth-order valence-corrected chi connectivity index (χ4v) is 0.697. The Morgan fingerprint density at radius 2 is 2.56 bits per heavy atom. The molecule has 1 aromatic rings. The van der Waals surface area contributed by atoms with Crippen molar-refractivity contribution in [3.8, 4) is 0 Å². The minimum atomic E-state index is -1.08. The maximum atomic E-state index is 10.1. The van der Waals surface area contributed by atoms with Crippen LogP contribution in [0.1, 0.15) is 0 Å². The first-order valence-corrected chi connectivity index (χ1v) is 2.94. The molecule has 1 N–H and O–H groups in total. The highest BCUT2D eigenvalue weighted by Gasteiger charge is 1.99. The van der Waals surface area contributed by atoms with Crippen LogP contribution >= 0.6 is 15.9 Å². The average Bonchev–Trinajstić information content (AvgIpc) is 2.14. The third-order valence-electron chi connectivity index (χ3n) is 0.753. The van der Waals surface area contributed by atoms with Crippen molar-refractivity contribution in [2.45, 2.75) is 0 Å². The van der Waals surface area contributed by atoms with Gasteiger partial charge in [0.1, 0.15) is 4.60 Å². The van der Waals surface area contributed by atoms with Crippen LogP contribution in [0.5, 0.6) is 0 Å². The molecule has 0 aliphatic heterocycles. The number of halogens is 1. The monoisotopic (exact) mass is 190 g/mol. The molecule has 9 heavy (non-hydrogen) atoms. The second-order valence-corrected chi connectivity index (χ2v) is 2.18. The van der Waals surface area contributed by atoms with Gasteiger partial charge in [0.25, 0.3) is 0 Å². The Kier molecular flexibility index (Phi) is 1.52. The molecule has 1 rings (SSSR count). The van der Waals surface area contributed by atoms with E-state index in [9.17, 15) is 4.79 Å². The van der Waals surface area contributed by atoms with Crippen molar-refractivity contribution < 1.29 is 9.90 Å². The number of nitrogens with zero attached hydrogens (tertiary/aromatic N) is 2. The van der Waals surface area contributed by atoms with Gasteiger partial charge < -0.3 is 5.11 Å². The normalized spacial score (nSPS) is 9.44. The Morgan fingerprint density at radius 1 is 1.89 bits per heavy atom. The third-order valence-corrected chi connectivity index (χ3v) is 1.18. The summed E-state index contributed by atoms with van der Waals surface area (Å²) in [4.78, 5) is 10.1. The molecule has 4 nitrogen and oxygen atoms in total. The van der Waals surface area contributed by atoms with Crippen molar-refractivity contribution in [3.63, 3.8) is 0 Å². The van der Waals surface area contributed by atoms with Crippen molar-refractivity contribution in [2.24, 2.45) is 0 Å². The van der Waals surface area contributed by atoms with Gasteiger partial charge in [0, 0.05) is 6.20 Å². The Bertz CT molecular complexity index is 232. The zero-order valence-corrected chi connectivity index (χ0v) is 5.87. The second kappa shape index (κ2) is 2.18. The lowest BCUT2D eigenvalue weighted by Gasteiger charge is -1.86. The molecule has 0 saturated carbocycles. The van der Waals surface area contributed by atoms with Crippen LogP contribution in [0, 0.1) is 0 Å². The molecule has 0 amide bonds. The topological polar surface area (TPSA) is 55.1 Å². The molecule has 5 heteroatoms. The van der Waals surface area contributed by atoms with E-state index >= 15 is 0 Å². The van der Waals surface area contributed by atoms with E-state index in [0.717, 1.165) is 4.68 Å². The first-order valence-electron chi connectivity index (χ1n) is 2.14. The summed E-state index contributed by atoms with van der Waals surface area (Å²) in [6.45, 7) is 0. The van der Waals surface area contributed by atoms with Crippen LogP contribution in [0.2, 0.25) is 0 Å². The number of hydrogen-bond acceptors (Lipinski definition) is 2. The van der Waals surface area contributed by atoms with Crippen LogP contribution in [0.4, 0.5) is 4.79 Å². The predicted molar refractivity (Wildman–Crippen MR) is 33.3 cm³/mol. The van der Waals surface area contributed by atoms with Gasteiger partial charge >= 0.3 is 6.09 Å². The Balaban J connectivity index is 2.98. The Morgan fingerprint density at radius 3 is 2.78 bits per heavy atom. The molecular formula is C4H3BrN2O2. The lowest BCUT2D eigenvalue weighted by Crippen LogP contribution is -2.07. The molecule has 0 unspecified atom stereocenters. The Labute approximate surface area is 59.2 Å². The summed E-state index contributed by atoms with van der Waals surface area (Å²) >= 11 is 3.01. The molecule has 0 aliphatic carbocycles. The van der Waals surface area contributed by atoms with Crippen molar-refractivity contribution in [1.82, 2.24) is 9.78 Å². The first kappa shape index (κ1) is 6.28. The van der Waals surface area contributed by atoms with Crippen molar-refractivity contribution >= 4 is 22.0 Å². The van der Waals surface area contributed by atoms with Gasteiger partial charge in [-0.3, -0.25) is 0 Å².